The van der Waals surface area contributed by atoms with Crippen molar-refractivity contribution in [1.82, 2.24) is 0 Å². The standard InChI is InChI=1S/C11H13F3N2O4/c1-10(5-17,6-18)15-7-2-3-9(16(19)20)8(4-7)11(12,13)14/h2-4,15,17-18H,5-6H2,1H3. The minimum Gasteiger partial charge on any atom is -0.394 e. The van der Waals surface area contributed by atoms with Gasteiger partial charge in [0.25, 0.3) is 5.69 Å². The van der Waals surface area contributed by atoms with Crippen LogP contribution in [0.2, 0.25) is 0 Å². The van der Waals surface area contributed by atoms with E-state index in [2.05, 4.69) is 5.32 Å². The van der Waals surface area contributed by atoms with Crippen LogP contribution in [0.15, 0.2) is 18.2 Å². The van der Waals surface area contributed by atoms with Gasteiger partial charge >= 0.3 is 6.18 Å². The molecule has 1 rings (SSSR count). The summed E-state index contributed by atoms with van der Waals surface area (Å²) in [5.41, 5.74) is -3.78. The molecule has 0 atom stereocenters. The van der Waals surface area contributed by atoms with Crippen LogP contribution in [0.25, 0.3) is 0 Å². The molecule has 0 saturated carbocycles. The zero-order chi connectivity index (χ0) is 15.6. The molecule has 0 aromatic heterocycles. The number of alkyl halides is 3. The van der Waals surface area contributed by atoms with Crippen molar-refractivity contribution in [1.29, 1.82) is 0 Å². The molecule has 0 radical (unpaired) electrons. The molecule has 0 heterocycles. The third-order valence-electron chi connectivity index (χ3n) is 2.64. The predicted octanol–water partition coefficient (Wildman–Crippen LogP) is 1.77. The molecule has 0 spiro atoms. The van der Waals surface area contributed by atoms with E-state index in [4.69, 9.17) is 10.2 Å². The zero-order valence-electron chi connectivity index (χ0n) is 10.4. The van der Waals surface area contributed by atoms with Crippen molar-refractivity contribution < 1.29 is 28.3 Å². The Morgan fingerprint density at radius 3 is 2.25 bits per heavy atom. The molecular formula is C11H13F3N2O4. The van der Waals surface area contributed by atoms with E-state index in [1.807, 2.05) is 0 Å². The van der Waals surface area contributed by atoms with Crippen molar-refractivity contribution in [3.8, 4) is 0 Å². The van der Waals surface area contributed by atoms with E-state index in [9.17, 15) is 23.3 Å². The van der Waals surface area contributed by atoms with Gasteiger partial charge < -0.3 is 15.5 Å². The number of anilines is 1. The first kappa shape index (κ1) is 16.2. The normalized spacial score (nSPS) is 12.3. The van der Waals surface area contributed by atoms with Crippen LogP contribution in [0.1, 0.15) is 12.5 Å². The van der Waals surface area contributed by atoms with Crippen LogP contribution in [-0.4, -0.2) is 33.9 Å². The molecule has 0 aliphatic carbocycles. The molecular weight excluding hydrogens is 281 g/mol. The molecule has 112 valence electrons. The van der Waals surface area contributed by atoms with Gasteiger partial charge in [0.15, 0.2) is 0 Å². The van der Waals surface area contributed by atoms with Crippen molar-refractivity contribution >= 4 is 11.4 Å². The van der Waals surface area contributed by atoms with E-state index in [1.54, 1.807) is 0 Å². The van der Waals surface area contributed by atoms with Gasteiger partial charge in [-0.05, 0) is 19.1 Å². The number of nitro benzene ring substituents is 1. The molecule has 1 aromatic rings. The van der Waals surface area contributed by atoms with Crippen molar-refractivity contribution in [2.75, 3.05) is 18.5 Å². The van der Waals surface area contributed by atoms with Gasteiger partial charge in [-0.25, -0.2) is 0 Å². The van der Waals surface area contributed by atoms with Crippen LogP contribution >= 0.6 is 0 Å². The fourth-order valence-corrected chi connectivity index (χ4v) is 1.48. The van der Waals surface area contributed by atoms with Crippen molar-refractivity contribution in [3.63, 3.8) is 0 Å². The third kappa shape index (κ3) is 3.58. The zero-order valence-corrected chi connectivity index (χ0v) is 10.4. The van der Waals surface area contributed by atoms with Crippen LogP contribution in [0, 0.1) is 10.1 Å². The molecule has 1 aromatic carbocycles. The van der Waals surface area contributed by atoms with Gasteiger partial charge in [-0.15, -0.1) is 0 Å². The number of hydrogen-bond donors (Lipinski definition) is 3. The average Bonchev–Trinajstić information content (AvgIpc) is 2.37. The van der Waals surface area contributed by atoms with E-state index in [1.165, 1.54) is 6.92 Å². The Hall–Kier alpha value is -1.87. The third-order valence-corrected chi connectivity index (χ3v) is 2.64. The van der Waals surface area contributed by atoms with Gasteiger partial charge in [-0.2, -0.15) is 13.2 Å². The van der Waals surface area contributed by atoms with Crippen LogP contribution < -0.4 is 5.32 Å². The first-order valence-electron chi connectivity index (χ1n) is 5.48. The Morgan fingerprint density at radius 1 is 1.30 bits per heavy atom. The van der Waals surface area contributed by atoms with E-state index < -0.39 is 41.1 Å². The highest BCUT2D eigenvalue weighted by Gasteiger charge is 2.38. The van der Waals surface area contributed by atoms with Crippen LogP contribution in [0.3, 0.4) is 0 Å². The van der Waals surface area contributed by atoms with Gasteiger partial charge in [0.05, 0.1) is 23.7 Å². The summed E-state index contributed by atoms with van der Waals surface area (Å²) < 4.78 is 38.3. The Morgan fingerprint density at radius 2 is 1.85 bits per heavy atom. The second-order valence-corrected chi connectivity index (χ2v) is 4.49. The summed E-state index contributed by atoms with van der Waals surface area (Å²) in [6, 6.07) is 2.37. The lowest BCUT2D eigenvalue weighted by molar-refractivity contribution is -0.388. The van der Waals surface area contributed by atoms with Gasteiger partial charge in [-0.3, -0.25) is 10.1 Å². The summed E-state index contributed by atoms with van der Waals surface area (Å²) in [6.45, 7) is 0.339. The summed E-state index contributed by atoms with van der Waals surface area (Å²) in [6.07, 6.45) is -4.88. The highest BCUT2D eigenvalue weighted by atomic mass is 19.4. The van der Waals surface area contributed by atoms with Gasteiger partial charge in [-0.1, -0.05) is 0 Å². The number of hydrogen-bond acceptors (Lipinski definition) is 5. The summed E-state index contributed by atoms with van der Waals surface area (Å²) >= 11 is 0. The highest BCUT2D eigenvalue weighted by molar-refractivity contribution is 5.56. The lowest BCUT2D eigenvalue weighted by atomic mass is 10.0. The largest absolute Gasteiger partial charge is 0.423 e. The molecule has 0 amide bonds. The number of benzene rings is 1. The first-order valence-corrected chi connectivity index (χ1v) is 5.48. The molecule has 0 bridgehead atoms. The van der Waals surface area contributed by atoms with E-state index >= 15 is 0 Å². The molecule has 0 aliphatic rings. The smallest absolute Gasteiger partial charge is 0.394 e. The lowest BCUT2D eigenvalue weighted by Gasteiger charge is -2.27. The summed E-state index contributed by atoms with van der Waals surface area (Å²) in [7, 11) is 0. The Kier molecular flexibility index (Phi) is 4.56. The van der Waals surface area contributed by atoms with Crippen molar-refractivity contribution in [2.24, 2.45) is 0 Å². The van der Waals surface area contributed by atoms with E-state index in [0.717, 1.165) is 12.1 Å². The number of nitro groups is 1. The molecule has 0 unspecified atom stereocenters. The molecule has 0 aliphatic heterocycles. The number of halogens is 3. The Balaban J connectivity index is 3.23. The Labute approximate surface area is 112 Å². The predicted molar refractivity (Wildman–Crippen MR) is 64.3 cm³/mol. The SMILES string of the molecule is CC(CO)(CO)Nc1ccc([N+](=O)[O-])c(C(F)(F)F)c1. The number of nitrogens with one attached hydrogen (secondary N) is 1. The van der Waals surface area contributed by atoms with Gasteiger partial charge in [0.2, 0.25) is 0 Å². The van der Waals surface area contributed by atoms with Crippen molar-refractivity contribution in [3.05, 3.63) is 33.9 Å². The average molecular weight is 294 g/mol. The van der Waals surface area contributed by atoms with Gasteiger partial charge in [0, 0.05) is 11.8 Å². The first-order chi connectivity index (χ1) is 9.13. The Bertz CT molecular complexity index is 501. The maximum Gasteiger partial charge on any atom is 0.423 e. The topological polar surface area (TPSA) is 95.6 Å². The molecule has 6 nitrogen and oxygen atoms in total. The lowest BCUT2D eigenvalue weighted by Crippen LogP contribution is -2.42. The summed E-state index contributed by atoms with van der Waals surface area (Å²) in [4.78, 5) is 9.46. The number of rotatable bonds is 5. The number of aliphatic hydroxyl groups excluding tert-OH is 2. The minimum absolute atomic E-state index is 0.0893. The van der Waals surface area contributed by atoms with E-state index in [0.29, 0.717) is 6.07 Å². The maximum absolute atomic E-state index is 12.8. The van der Waals surface area contributed by atoms with Crippen LogP contribution in [0.5, 0.6) is 0 Å². The molecule has 9 heteroatoms. The quantitative estimate of drug-likeness (QED) is 0.568. The number of aliphatic hydroxyl groups is 2. The monoisotopic (exact) mass is 294 g/mol. The van der Waals surface area contributed by atoms with Crippen molar-refractivity contribution in [2.45, 2.75) is 18.6 Å². The second kappa shape index (κ2) is 5.63. The van der Waals surface area contributed by atoms with Crippen LogP contribution in [-0.2, 0) is 6.18 Å². The van der Waals surface area contributed by atoms with Gasteiger partial charge in [0.1, 0.15) is 5.56 Å². The molecule has 0 fully saturated rings. The fourth-order valence-electron chi connectivity index (χ4n) is 1.48. The van der Waals surface area contributed by atoms with E-state index in [-0.39, 0.29) is 5.69 Å². The molecule has 20 heavy (non-hydrogen) atoms. The minimum atomic E-state index is -4.88. The van der Waals surface area contributed by atoms with Crippen LogP contribution in [0.4, 0.5) is 24.5 Å². The highest BCUT2D eigenvalue weighted by Crippen LogP contribution is 2.37. The summed E-state index contributed by atoms with van der Waals surface area (Å²) in [5, 5.41) is 31.2. The maximum atomic E-state index is 12.8. The summed E-state index contributed by atoms with van der Waals surface area (Å²) in [5.74, 6) is 0. The second-order valence-electron chi connectivity index (χ2n) is 4.49. The molecule has 3 N–H and O–H groups in total. The fraction of sp³-hybridized carbons (Fsp3) is 0.455. The molecule has 0 saturated heterocycles. The number of nitrogens with zero attached hydrogens (tertiary/aromatic N) is 1.